The van der Waals surface area contributed by atoms with Crippen molar-refractivity contribution in [2.75, 3.05) is 13.1 Å². The summed E-state index contributed by atoms with van der Waals surface area (Å²) in [6, 6.07) is 0.859. The molecule has 0 aliphatic carbocycles. The molecule has 0 aromatic carbocycles. The number of hydrogen-bond acceptors (Lipinski definition) is 3. The summed E-state index contributed by atoms with van der Waals surface area (Å²) in [6.45, 7) is 7.67. The van der Waals surface area contributed by atoms with Crippen molar-refractivity contribution in [1.29, 1.82) is 0 Å². The molecule has 0 aromatic heterocycles. The Balaban J connectivity index is 2.01. The second kappa shape index (κ2) is 3.76. The first-order chi connectivity index (χ1) is 6.97. The van der Waals surface area contributed by atoms with Gasteiger partial charge in [-0.1, -0.05) is 0 Å². The van der Waals surface area contributed by atoms with Gasteiger partial charge in [0, 0.05) is 25.9 Å². The van der Waals surface area contributed by atoms with E-state index in [9.17, 15) is 4.79 Å². The molecule has 2 aliphatic heterocycles. The Morgan fingerprint density at radius 1 is 1.27 bits per heavy atom. The number of hydrogen-bond donors (Lipinski definition) is 2. The summed E-state index contributed by atoms with van der Waals surface area (Å²) < 4.78 is 5.45. The normalized spacial score (nSPS) is 35.3. The van der Waals surface area contributed by atoms with Crippen LogP contribution in [0.15, 0.2) is 0 Å². The molecule has 2 fully saturated rings. The Kier molecular flexibility index (Phi) is 2.73. The van der Waals surface area contributed by atoms with Crippen LogP contribution in [0.4, 0.5) is 4.79 Å². The van der Waals surface area contributed by atoms with Crippen molar-refractivity contribution in [1.82, 2.24) is 5.32 Å². The third-order valence-electron chi connectivity index (χ3n) is 3.16. The van der Waals surface area contributed by atoms with E-state index in [1.807, 2.05) is 20.8 Å². The van der Waals surface area contributed by atoms with E-state index in [0.29, 0.717) is 12.1 Å². The lowest BCUT2D eigenvalue weighted by atomic mass is 10.2. The number of fused-ring (bicyclic) bond motifs is 2. The summed E-state index contributed by atoms with van der Waals surface area (Å²) in [7, 11) is 0. The number of rotatable bonds is 0. The summed E-state index contributed by atoms with van der Waals surface area (Å²) in [4.78, 5) is 13.0. The zero-order chi connectivity index (χ0) is 11.1. The van der Waals surface area contributed by atoms with E-state index in [1.54, 1.807) is 0 Å². The van der Waals surface area contributed by atoms with Crippen LogP contribution in [0.3, 0.4) is 0 Å². The molecule has 2 rings (SSSR count). The highest BCUT2D eigenvalue weighted by Crippen LogP contribution is 2.12. The topological polar surface area (TPSA) is 42.8 Å². The molecule has 86 valence electrons. The minimum absolute atomic E-state index is 0.0588. The van der Waals surface area contributed by atoms with Crippen LogP contribution in [-0.4, -0.2) is 36.9 Å². The summed E-state index contributed by atoms with van der Waals surface area (Å²) in [5, 5.41) is 3.37. The van der Waals surface area contributed by atoms with Crippen molar-refractivity contribution in [2.45, 2.75) is 51.3 Å². The average molecular weight is 213 g/mol. The van der Waals surface area contributed by atoms with Gasteiger partial charge in [-0.05, 0) is 20.8 Å². The predicted octanol–water partition coefficient (Wildman–Crippen LogP) is -0.0594. The van der Waals surface area contributed by atoms with E-state index in [2.05, 4.69) is 5.32 Å². The lowest BCUT2D eigenvalue weighted by molar-refractivity contribution is -0.865. The van der Waals surface area contributed by atoms with Gasteiger partial charge in [0.25, 0.3) is 0 Å². The van der Waals surface area contributed by atoms with Gasteiger partial charge in [-0.25, -0.2) is 4.90 Å². The molecule has 0 radical (unpaired) electrons. The largest absolute Gasteiger partial charge is 0.515 e. The number of quaternary nitrogens is 1. The lowest BCUT2D eigenvalue weighted by Crippen LogP contribution is -3.22. The predicted molar refractivity (Wildman–Crippen MR) is 56.9 cm³/mol. The maximum absolute atomic E-state index is 12.0. The molecule has 0 saturated carbocycles. The summed E-state index contributed by atoms with van der Waals surface area (Å²) in [6.07, 6.45) is 2.23. The fraction of sp³-hybridized carbons (Fsp3) is 0.909. The molecule has 1 amide bonds. The van der Waals surface area contributed by atoms with Gasteiger partial charge < -0.3 is 10.1 Å². The Morgan fingerprint density at radius 3 is 2.27 bits per heavy atom. The highest BCUT2D eigenvalue weighted by atomic mass is 16.6. The molecule has 0 spiro atoms. The molecule has 0 aromatic rings. The fourth-order valence-electron chi connectivity index (χ4n) is 2.57. The molecule has 2 N–H and O–H groups in total. The highest BCUT2D eigenvalue weighted by molar-refractivity contribution is 5.58. The standard InChI is InChI=1S/C11H20N2O2/c1-11(2,3)15-10(14)13-8-4-5-9(13)7-12-6-8/h8-9,12H,4-7H2,1-3H3/p+1. The molecule has 4 heteroatoms. The third-order valence-corrected chi connectivity index (χ3v) is 3.16. The number of nitrogens with one attached hydrogen (secondary N) is 2. The zero-order valence-corrected chi connectivity index (χ0v) is 9.80. The van der Waals surface area contributed by atoms with Crippen molar-refractivity contribution < 1.29 is 14.4 Å². The first-order valence-corrected chi connectivity index (χ1v) is 5.78. The first-order valence-electron chi connectivity index (χ1n) is 5.78. The Bertz CT molecular complexity index is 244. The maximum atomic E-state index is 12.0. The number of carbonyl (C=O) groups is 1. The van der Waals surface area contributed by atoms with Crippen molar-refractivity contribution in [2.24, 2.45) is 0 Å². The quantitative estimate of drug-likeness (QED) is 0.592. The maximum Gasteiger partial charge on any atom is 0.515 e. The number of piperazine rings is 1. The monoisotopic (exact) mass is 213 g/mol. The van der Waals surface area contributed by atoms with Crippen LogP contribution < -0.4 is 10.2 Å². The number of amides is 1. The zero-order valence-electron chi connectivity index (χ0n) is 9.80. The van der Waals surface area contributed by atoms with Crippen molar-refractivity contribution >= 4 is 6.09 Å². The minimum atomic E-state index is -0.367. The van der Waals surface area contributed by atoms with Gasteiger partial charge in [-0.3, -0.25) is 0 Å². The number of ether oxygens (including phenoxy) is 1. The number of alkyl carbamates (subject to hydrolysis) is 2. The van der Waals surface area contributed by atoms with Gasteiger partial charge in [-0.15, -0.1) is 0 Å². The van der Waals surface area contributed by atoms with E-state index < -0.39 is 0 Å². The molecule has 2 atom stereocenters. The summed E-state index contributed by atoms with van der Waals surface area (Å²) in [5.74, 6) is 0. The molecule has 2 bridgehead atoms. The van der Waals surface area contributed by atoms with Crippen LogP contribution in [-0.2, 0) is 4.74 Å². The van der Waals surface area contributed by atoms with Gasteiger partial charge in [-0.2, -0.15) is 4.79 Å². The highest BCUT2D eigenvalue weighted by Gasteiger charge is 2.46. The van der Waals surface area contributed by atoms with Crippen LogP contribution in [0.25, 0.3) is 0 Å². The second-order valence-corrected chi connectivity index (χ2v) is 5.59. The van der Waals surface area contributed by atoms with Crippen LogP contribution in [0.5, 0.6) is 0 Å². The molecule has 2 unspecified atom stereocenters. The van der Waals surface area contributed by atoms with Crippen molar-refractivity contribution in [3.05, 3.63) is 0 Å². The van der Waals surface area contributed by atoms with Crippen LogP contribution in [0.1, 0.15) is 33.6 Å². The van der Waals surface area contributed by atoms with E-state index in [0.717, 1.165) is 30.8 Å². The van der Waals surface area contributed by atoms with E-state index in [-0.39, 0.29) is 11.7 Å². The Labute approximate surface area is 91.0 Å². The summed E-state index contributed by atoms with van der Waals surface area (Å²) >= 11 is 0. The van der Waals surface area contributed by atoms with Crippen LogP contribution in [0, 0.1) is 0 Å². The fourth-order valence-corrected chi connectivity index (χ4v) is 2.57. The smallest absolute Gasteiger partial charge is 0.414 e. The Morgan fingerprint density at radius 2 is 1.80 bits per heavy atom. The molecule has 2 heterocycles. The summed E-state index contributed by atoms with van der Waals surface area (Å²) in [5.41, 5.74) is -0.367. The lowest BCUT2D eigenvalue weighted by Gasteiger charge is -2.31. The first kappa shape index (κ1) is 10.9. The molecular weight excluding hydrogens is 192 g/mol. The number of carbonyl (C=O) groups excluding carboxylic acids is 1. The third kappa shape index (κ3) is 2.32. The van der Waals surface area contributed by atoms with E-state index in [1.165, 1.54) is 0 Å². The van der Waals surface area contributed by atoms with Crippen molar-refractivity contribution in [3.63, 3.8) is 0 Å². The van der Waals surface area contributed by atoms with Crippen LogP contribution in [0.2, 0.25) is 0 Å². The second-order valence-electron chi connectivity index (χ2n) is 5.59. The molecule has 2 saturated heterocycles. The van der Waals surface area contributed by atoms with Gasteiger partial charge in [0.15, 0.2) is 0 Å². The van der Waals surface area contributed by atoms with Gasteiger partial charge in [0.05, 0.1) is 0 Å². The Hall–Kier alpha value is -0.610. The molecule has 2 aliphatic rings. The molecular formula is C11H21N2O2+. The van der Waals surface area contributed by atoms with Gasteiger partial charge >= 0.3 is 6.09 Å². The van der Waals surface area contributed by atoms with Gasteiger partial charge in [0.1, 0.15) is 17.7 Å². The van der Waals surface area contributed by atoms with Crippen LogP contribution >= 0.6 is 0 Å². The SMILES string of the molecule is CC(C)(C)OC(=O)[NH+]1C2CCC1CNC2. The van der Waals surface area contributed by atoms with E-state index >= 15 is 0 Å². The molecule has 4 nitrogen and oxygen atoms in total. The molecule has 15 heavy (non-hydrogen) atoms. The van der Waals surface area contributed by atoms with E-state index in [4.69, 9.17) is 4.74 Å². The minimum Gasteiger partial charge on any atom is -0.414 e. The average Bonchev–Trinajstić information content (AvgIpc) is 2.34. The van der Waals surface area contributed by atoms with Gasteiger partial charge in [0.2, 0.25) is 0 Å². The van der Waals surface area contributed by atoms with Crippen molar-refractivity contribution in [3.8, 4) is 0 Å².